The Morgan fingerprint density at radius 1 is 1.32 bits per heavy atom. The highest BCUT2D eigenvalue weighted by Crippen LogP contribution is 2.28. The van der Waals surface area contributed by atoms with Gasteiger partial charge in [-0.3, -0.25) is 4.79 Å². The quantitative estimate of drug-likeness (QED) is 0.816. The first-order chi connectivity index (χ1) is 10.6. The lowest BCUT2D eigenvalue weighted by molar-refractivity contribution is 0.0566. The van der Waals surface area contributed by atoms with Crippen LogP contribution in [0.1, 0.15) is 39.4 Å². The number of ether oxygens (including phenoxy) is 1. The largest absolute Gasteiger partial charge is 0.384 e. The third-order valence-electron chi connectivity index (χ3n) is 3.78. The molecule has 1 saturated heterocycles. The van der Waals surface area contributed by atoms with Crippen LogP contribution in [0.25, 0.3) is 0 Å². The van der Waals surface area contributed by atoms with Gasteiger partial charge >= 0.3 is 0 Å². The predicted octanol–water partition coefficient (Wildman–Crippen LogP) is 1.10. The Bertz CT molecular complexity index is 653. The topological polar surface area (TPSA) is 94.5 Å². The third-order valence-corrected chi connectivity index (χ3v) is 3.78. The molecular weight excluding hydrogens is 288 g/mol. The van der Waals surface area contributed by atoms with Crippen molar-refractivity contribution in [1.29, 1.82) is 0 Å². The molecule has 2 aromatic rings. The van der Waals surface area contributed by atoms with E-state index in [9.17, 15) is 4.79 Å². The molecule has 1 fully saturated rings. The van der Waals surface area contributed by atoms with E-state index < -0.39 is 0 Å². The zero-order valence-electron chi connectivity index (χ0n) is 12.8. The second-order valence-electron chi connectivity index (χ2n) is 5.40. The Hall–Kier alpha value is -2.22. The molecule has 8 heteroatoms. The molecule has 1 amide bonds. The monoisotopic (exact) mass is 306 g/mol. The van der Waals surface area contributed by atoms with E-state index in [2.05, 4.69) is 15.3 Å². The molecule has 2 aromatic heterocycles. The number of likely N-dealkylation sites (tertiary alicyclic amines) is 1. The molecular formula is C14H18N4O4. The van der Waals surface area contributed by atoms with Gasteiger partial charge in [-0.15, -0.1) is 0 Å². The maximum Gasteiger partial charge on any atom is 0.259 e. The summed E-state index contributed by atoms with van der Waals surface area (Å²) in [6, 6.07) is 0. The highest BCUT2D eigenvalue weighted by atomic mass is 16.5. The number of hydrogen-bond acceptors (Lipinski definition) is 7. The minimum Gasteiger partial charge on any atom is -0.384 e. The Kier molecular flexibility index (Phi) is 3.93. The fourth-order valence-electron chi connectivity index (χ4n) is 2.48. The lowest BCUT2D eigenvalue weighted by atomic mass is 9.98. The van der Waals surface area contributed by atoms with E-state index in [4.69, 9.17) is 13.8 Å². The van der Waals surface area contributed by atoms with E-state index in [1.165, 1.54) is 0 Å². The van der Waals surface area contributed by atoms with Crippen molar-refractivity contribution >= 4 is 5.91 Å². The van der Waals surface area contributed by atoms with E-state index in [1.54, 1.807) is 25.9 Å². The average molecular weight is 306 g/mol. The molecule has 1 aliphatic heterocycles. The van der Waals surface area contributed by atoms with E-state index >= 15 is 0 Å². The molecule has 1 aliphatic rings. The van der Waals surface area contributed by atoms with Crippen LogP contribution in [-0.4, -0.2) is 52.9 Å². The Morgan fingerprint density at radius 2 is 2.09 bits per heavy atom. The van der Waals surface area contributed by atoms with E-state index in [0.29, 0.717) is 54.8 Å². The Labute approximate surface area is 127 Å². The van der Waals surface area contributed by atoms with Crippen LogP contribution >= 0.6 is 0 Å². The van der Waals surface area contributed by atoms with Crippen molar-refractivity contribution in [3.63, 3.8) is 0 Å². The zero-order valence-corrected chi connectivity index (χ0v) is 12.8. The van der Waals surface area contributed by atoms with Crippen LogP contribution in [0, 0.1) is 13.8 Å². The lowest BCUT2D eigenvalue weighted by Gasteiger charge is -2.36. The number of nitrogens with zero attached hydrogens (tertiary/aromatic N) is 4. The molecule has 0 aliphatic carbocycles. The minimum atomic E-state index is -0.0633. The Morgan fingerprint density at radius 3 is 2.73 bits per heavy atom. The van der Waals surface area contributed by atoms with Gasteiger partial charge in [0.25, 0.3) is 5.91 Å². The molecule has 0 N–H and O–H groups in total. The summed E-state index contributed by atoms with van der Waals surface area (Å²) in [6.07, 6.45) is 0.619. The van der Waals surface area contributed by atoms with Crippen LogP contribution in [0.15, 0.2) is 9.05 Å². The smallest absolute Gasteiger partial charge is 0.259 e. The van der Waals surface area contributed by atoms with Crippen LogP contribution in [0.4, 0.5) is 0 Å². The summed E-state index contributed by atoms with van der Waals surface area (Å²) in [5.41, 5.74) is 1.16. The van der Waals surface area contributed by atoms with Crippen LogP contribution in [-0.2, 0) is 11.2 Å². The predicted molar refractivity (Wildman–Crippen MR) is 74.5 cm³/mol. The van der Waals surface area contributed by atoms with Gasteiger partial charge in [-0.2, -0.15) is 4.98 Å². The summed E-state index contributed by atoms with van der Waals surface area (Å²) in [6.45, 7) is 5.19. The Balaban J connectivity index is 1.60. The SMILES string of the molecule is COCCc1noc(C2CN(C(=O)c3c(C)noc3C)C2)n1. The molecule has 0 aromatic carbocycles. The summed E-state index contributed by atoms with van der Waals surface area (Å²) in [5, 5.41) is 7.72. The van der Waals surface area contributed by atoms with Gasteiger partial charge in [0.2, 0.25) is 5.89 Å². The number of amides is 1. The van der Waals surface area contributed by atoms with Crippen molar-refractivity contribution in [1.82, 2.24) is 20.2 Å². The van der Waals surface area contributed by atoms with Crippen LogP contribution in [0.2, 0.25) is 0 Å². The molecule has 0 unspecified atom stereocenters. The summed E-state index contributed by atoms with van der Waals surface area (Å²) in [7, 11) is 1.63. The van der Waals surface area contributed by atoms with Crippen LogP contribution in [0.5, 0.6) is 0 Å². The number of aromatic nitrogens is 3. The van der Waals surface area contributed by atoms with Gasteiger partial charge in [0.15, 0.2) is 5.82 Å². The molecule has 0 spiro atoms. The van der Waals surface area contributed by atoms with Crippen LogP contribution in [0.3, 0.4) is 0 Å². The van der Waals surface area contributed by atoms with Crippen molar-refractivity contribution in [3.05, 3.63) is 28.7 Å². The molecule has 8 nitrogen and oxygen atoms in total. The zero-order chi connectivity index (χ0) is 15.7. The van der Waals surface area contributed by atoms with Gasteiger partial charge in [-0.25, -0.2) is 0 Å². The van der Waals surface area contributed by atoms with E-state index in [-0.39, 0.29) is 11.8 Å². The van der Waals surface area contributed by atoms with Crippen molar-refractivity contribution in [2.24, 2.45) is 0 Å². The van der Waals surface area contributed by atoms with E-state index in [1.807, 2.05) is 0 Å². The average Bonchev–Trinajstić information content (AvgIpc) is 3.02. The highest BCUT2D eigenvalue weighted by Gasteiger charge is 2.37. The molecule has 0 bridgehead atoms. The maximum absolute atomic E-state index is 12.4. The van der Waals surface area contributed by atoms with Gasteiger partial charge in [-0.05, 0) is 13.8 Å². The fourth-order valence-corrected chi connectivity index (χ4v) is 2.48. The highest BCUT2D eigenvalue weighted by molar-refractivity contribution is 5.96. The first kappa shape index (κ1) is 14.7. The minimum absolute atomic E-state index is 0.0633. The summed E-state index contributed by atoms with van der Waals surface area (Å²) < 4.78 is 15.3. The molecule has 118 valence electrons. The standard InChI is InChI=1S/C14H18N4O4/c1-8-12(9(2)21-16-8)14(19)18-6-10(7-18)13-15-11(17-22-13)4-5-20-3/h10H,4-7H2,1-3H3. The molecule has 22 heavy (non-hydrogen) atoms. The number of hydrogen-bond donors (Lipinski definition) is 0. The van der Waals surface area contributed by atoms with Gasteiger partial charge < -0.3 is 18.7 Å². The van der Waals surface area contributed by atoms with Crippen molar-refractivity contribution < 1.29 is 18.6 Å². The number of methoxy groups -OCH3 is 1. The van der Waals surface area contributed by atoms with Gasteiger partial charge in [0.1, 0.15) is 11.3 Å². The van der Waals surface area contributed by atoms with Gasteiger partial charge in [0, 0.05) is 26.6 Å². The van der Waals surface area contributed by atoms with Crippen molar-refractivity contribution in [2.75, 3.05) is 26.8 Å². The van der Waals surface area contributed by atoms with Gasteiger partial charge in [-0.1, -0.05) is 10.3 Å². The third kappa shape index (κ3) is 2.61. The lowest BCUT2D eigenvalue weighted by Crippen LogP contribution is -2.48. The number of rotatable bonds is 5. The number of carbonyl (C=O) groups is 1. The first-order valence-corrected chi connectivity index (χ1v) is 7.13. The molecule has 3 heterocycles. The number of aryl methyl sites for hydroxylation is 2. The molecule has 0 radical (unpaired) electrons. The second-order valence-corrected chi connectivity index (χ2v) is 5.40. The van der Waals surface area contributed by atoms with Gasteiger partial charge in [0.05, 0.1) is 18.2 Å². The normalized spacial score (nSPS) is 15.1. The summed E-state index contributed by atoms with van der Waals surface area (Å²) in [5.74, 6) is 1.78. The van der Waals surface area contributed by atoms with E-state index in [0.717, 1.165) is 0 Å². The maximum atomic E-state index is 12.4. The molecule has 0 atom stereocenters. The number of carbonyl (C=O) groups excluding carboxylic acids is 1. The summed E-state index contributed by atoms with van der Waals surface area (Å²) >= 11 is 0. The van der Waals surface area contributed by atoms with Crippen LogP contribution < -0.4 is 0 Å². The molecule has 0 saturated carbocycles. The second kappa shape index (κ2) is 5.88. The molecule has 3 rings (SSSR count). The first-order valence-electron chi connectivity index (χ1n) is 7.13. The van der Waals surface area contributed by atoms with Crippen molar-refractivity contribution in [2.45, 2.75) is 26.2 Å². The fraction of sp³-hybridized carbons (Fsp3) is 0.571. The van der Waals surface area contributed by atoms with Crippen molar-refractivity contribution in [3.8, 4) is 0 Å². The summed E-state index contributed by atoms with van der Waals surface area (Å²) in [4.78, 5) is 18.5.